The Hall–Kier alpha value is -2.38. The van der Waals surface area contributed by atoms with Gasteiger partial charge in [-0.05, 0) is 38.1 Å². The molecule has 2 rings (SSSR count). The van der Waals surface area contributed by atoms with Crippen LogP contribution in [0.2, 0.25) is 0 Å². The second-order valence-electron chi connectivity index (χ2n) is 7.99. The van der Waals surface area contributed by atoms with E-state index in [0.29, 0.717) is 13.0 Å². The monoisotopic (exact) mass is 504 g/mol. The topological polar surface area (TPSA) is 67.4 Å². The molecular weight excluding hydrogens is 470 g/mol. The number of rotatable bonds is 12. The van der Waals surface area contributed by atoms with Gasteiger partial charge < -0.3 is 19.9 Å². The Kier molecular flexibility index (Phi) is 10.7. The minimum absolute atomic E-state index is 0.169. The predicted molar refractivity (Wildman–Crippen MR) is 132 cm³/mol. The smallest absolute Gasteiger partial charge is 0.319 e. The largest absolute Gasteiger partial charge is 0.469 e. The van der Waals surface area contributed by atoms with E-state index in [-0.39, 0.29) is 18.0 Å². The van der Waals surface area contributed by atoms with E-state index in [1.807, 2.05) is 30.3 Å². The van der Waals surface area contributed by atoms with Crippen molar-refractivity contribution in [1.29, 1.82) is 0 Å². The Morgan fingerprint density at radius 1 is 1.03 bits per heavy atom. The van der Waals surface area contributed by atoms with Crippen LogP contribution < -0.4 is 10.6 Å². The first-order chi connectivity index (χ1) is 15.4. The van der Waals surface area contributed by atoms with Crippen molar-refractivity contribution in [3.05, 3.63) is 64.6 Å². The molecule has 0 spiro atoms. The van der Waals surface area contributed by atoms with E-state index in [2.05, 4.69) is 64.7 Å². The number of quaternary nitrogens is 1. The average Bonchev–Trinajstić information content (AvgIpc) is 2.82. The van der Waals surface area contributed by atoms with Crippen LogP contribution in [-0.4, -0.2) is 49.8 Å². The highest BCUT2D eigenvalue weighted by Crippen LogP contribution is 2.29. The maximum Gasteiger partial charge on any atom is 0.319 e. The third kappa shape index (κ3) is 7.95. The lowest BCUT2D eigenvalue weighted by Crippen LogP contribution is -2.51. The zero-order valence-corrected chi connectivity index (χ0v) is 20.9. The Labute approximate surface area is 200 Å². The summed E-state index contributed by atoms with van der Waals surface area (Å²) in [4.78, 5) is 23.9. The van der Waals surface area contributed by atoms with Crippen molar-refractivity contribution in [3.63, 3.8) is 0 Å². The zero-order valence-electron chi connectivity index (χ0n) is 19.3. The summed E-state index contributed by atoms with van der Waals surface area (Å²) in [5.41, 5.74) is 2.04. The molecule has 0 aliphatic heterocycles. The standard InChI is InChI=1S/C25H34BrN3O3/c1-4-29(18-8-12-24(30)32-3,20(2)21-10-6-5-7-11-21)19-9-17-27-25(31)28-23-15-13-22(26)14-16-23/h5-7,10-11,13-16,20H,4,8-9,12,17-19H2,1-3H3,(H-,27,28,31)/p+1/t20-,29?/m0/s1. The molecule has 32 heavy (non-hydrogen) atoms. The number of esters is 1. The van der Waals surface area contributed by atoms with Gasteiger partial charge in [-0.15, -0.1) is 0 Å². The van der Waals surface area contributed by atoms with Crippen molar-refractivity contribution in [2.75, 3.05) is 38.6 Å². The summed E-state index contributed by atoms with van der Waals surface area (Å²) < 4.78 is 6.65. The summed E-state index contributed by atoms with van der Waals surface area (Å²) in [6.45, 7) is 7.78. The average molecular weight is 505 g/mol. The maximum absolute atomic E-state index is 12.2. The molecule has 1 unspecified atom stereocenters. The summed E-state index contributed by atoms with van der Waals surface area (Å²) in [6.07, 6.45) is 2.04. The number of ether oxygens (including phenoxy) is 1. The van der Waals surface area contributed by atoms with Crippen LogP contribution in [0.25, 0.3) is 0 Å². The molecule has 0 fully saturated rings. The van der Waals surface area contributed by atoms with Gasteiger partial charge in [0.05, 0.1) is 33.2 Å². The van der Waals surface area contributed by atoms with Crippen LogP contribution in [0.3, 0.4) is 0 Å². The second-order valence-corrected chi connectivity index (χ2v) is 8.91. The molecule has 174 valence electrons. The normalized spacial score (nSPS) is 13.6. The second kappa shape index (κ2) is 13.2. The van der Waals surface area contributed by atoms with Crippen LogP contribution in [0.15, 0.2) is 59.1 Å². The molecule has 0 radical (unpaired) electrons. The third-order valence-corrected chi connectivity index (χ3v) is 6.64. The molecule has 0 bridgehead atoms. The summed E-state index contributed by atoms with van der Waals surface area (Å²) in [5.74, 6) is -0.169. The summed E-state index contributed by atoms with van der Waals surface area (Å²) in [7, 11) is 1.43. The van der Waals surface area contributed by atoms with Crippen LogP contribution in [-0.2, 0) is 9.53 Å². The van der Waals surface area contributed by atoms with Gasteiger partial charge in [-0.1, -0.05) is 46.3 Å². The first kappa shape index (κ1) is 25.9. The molecule has 0 saturated heterocycles. The van der Waals surface area contributed by atoms with Gasteiger partial charge in [-0.25, -0.2) is 4.79 Å². The van der Waals surface area contributed by atoms with E-state index < -0.39 is 0 Å². The van der Waals surface area contributed by atoms with E-state index in [1.54, 1.807) is 0 Å². The van der Waals surface area contributed by atoms with E-state index in [4.69, 9.17) is 4.74 Å². The molecule has 0 heterocycles. The number of hydrogen-bond acceptors (Lipinski definition) is 3. The first-order valence-electron chi connectivity index (χ1n) is 11.2. The van der Waals surface area contributed by atoms with Crippen LogP contribution in [0, 0.1) is 0 Å². The fourth-order valence-corrected chi connectivity index (χ4v) is 4.35. The van der Waals surface area contributed by atoms with Gasteiger partial charge in [-0.3, -0.25) is 4.79 Å². The van der Waals surface area contributed by atoms with Crippen molar-refractivity contribution >= 4 is 33.6 Å². The quantitative estimate of drug-likeness (QED) is 0.227. The van der Waals surface area contributed by atoms with Gasteiger partial charge in [-0.2, -0.15) is 0 Å². The SMILES string of the molecule is CC[N+](CCCNC(=O)Nc1ccc(Br)cc1)(CCCC(=O)OC)[C@@H](C)c1ccccc1. The molecule has 0 aromatic heterocycles. The lowest BCUT2D eigenvalue weighted by molar-refractivity contribution is -0.954. The molecule has 6 nitrogen and oxygen atoms in total. The summed E-state index contributed by atoms with van der Waals surface area (Å²) in [5, 5.41) is 5.81. The number of benzene rings is 2. The number of urea groups is 1. The Bertz CT molecular complexity index is 845. The summed E-state index contributed by atoms with van der Waals surface area (Å²) in [6, 6.07) is 18.1. The fraction of sp³-hybridized carbons (Fsp3) is 0.440. The lowest BCUT2D eigenvalue weighted by atomic mass is 10.0. The number of methoxy groups -OCH3 is 1. The number of nitrogens with zero attached hydrogens (tertiary/aromatic N) is 1. The van der Waals surface area contributed by atoms with E-state index in [1.165, 1.54) is 12.7 Å². The minimum atomic E-state index is -0.205. The van der Waals surface area contributed by atoms with Crippen LogP contribution in [0.1, 0.15) is 44.7 Å². The van der Waals surface area contributed by atoms with Crippen molar-refractivity contribution in [3.8, 4) is 0 Å². The van der Waals surface area contributed by atoms with E-state index in [0.717, 1.165) is 47.1 Å². The molecule has 7 heteroatoms. The maximum atomic E-state index is 12.2. The van der Waals surface area contributed by atoms with Crippen LogP contribution in [0.5, 0.6) is 0 Å². The van der Waals surface area contributed by atoms with Gasteiger partial charge in [0.2, 0.25) is 0 Å². The Morgan fingerprint density at radius 3 is 2.31 bits per heavy atom. The first-order valence-corrected chi connectivity index (χ1v) is 12.0. The van der Waals surface area contributed by atoms with E-state index in [9.17, 15) is 9.59 Å². The van der Waals surface area contributed by atoms with Gasteiger partial charge in [0, 0.05) is 35.1 Å². The number of hydrogen-bond donors (Lipinski definition) is 2. The number of halogens is 1. The van der Waals surface area contributed by atoms with Gasteiger partial charge in [0.1, 0.15) is 6.04 Å². The number of carbonyl (C=O) groups excluding carboxylic acids is 2. The molecule has 0 saturated carbocycles. The number of amides is 2. The highest BCUT2D eigenvalue weighted by atomic mass is 79.9. The molecule has 0 aliphatic carbocycles. The molecular formula is C25H35BrN3O3+. The van der Waals surface area contributed by atoms with Crippen molar-refractivity contribution in [1.82, 2.24) is 5.32 Å². The Morgan fingerprint density at radius 2 is 1.69 bits per heavy atom. The van der Waals surface area contributed by atoms with Gasteiger partial charge >= 0.3 is 12.0 Å². The van der Waals surface area contributed by atoms with Crippen LogP contribution in [0.4, 0.5) is 10.5 Å². The number of anilines is 1. The highest BCUT2D eigenvalue weighted by Gasteiger charge is 2.32. The molecule has 2 N–H and O–H groups in total. The highest BCUT2D eigenvalue weighted by molar-refractivity contribution is 9.10. The van der Waals surface area contributed by atoms with Gasteiger partial charge in [0.15, 0.2) is 0 Å². The van der Waals surface area contributed by atoms with Crippen molar-refractivity contribution in [2.45, 2.75) is 39.2 Å². The number of nitrogens with one attached hydrogen (secondary N) is 2. The summed E-state index contributed by atoms with van der Waals surface area (Å²) >= 11 is 3.39. The molecule has 2 amide bonds. The third-order valence-electron chi connectivity index (χ3n) is 6.11. The lowest BCUT2D eigenvalue weighted by Gasteiger charge is -2.43. The molecule has 2 aromatic carbocycles. The van der Waals surface area contributed by atoms with Crippen molar-refractivity contribution in [2.24, 2.45) is 0 Å². The molecule has 2 atom stereocenters. The number of carbonyl (C=O) groups is 2. The van der Waals surface area contributed by atoms with Crippen molar-refractivity contribution < 1.29 is 18.8 Å². The van der Waals surface area contributed by atoms with E-state index >= 15 is 0 Å². The molecule has 2 aromatic rings. The van der Waals surface area contributed by atoms with Gasteiger partial charge in [0.25, 0.3) is 0 Å². The van der Waals surface area contributed by atoms with Crippen LogP contribution >= 0.6 is 15.9 Å². The fourth-order valence-electron chi connectivity index (χ4n) is 4.08. The molecule has 0 aliphatic rings. The minimum Gasteiger partial charge on any atom is -0.469 e. The Balaban J connectivity index is 1.96. The zero-order chi connectivity index (χ0) is 23.4. The predicted octanol–water partition coefficient (Wildman–Crippen LogP) is 5.51.